The molecule has 0 aromatic heterocycles. The SMILES string of the molecule is CCOc1cc(CNC(CC(C)(C)C)C(F)(F)F)ccc1OC(C)C(=O)N(C)C. The highest BCUT2D eigenvalue weighted by molar-refractivity contribution is 5.80. The van der Waals surface area contributed by atoms with Crippen molar-refractivity contribution in [3.8, 4) is 11.5 Å². The molecule has 2 unspecified atom stereocenters. The van der Waals surface area contributed by atoms with Crippen LogP contribution in [-0.2, 0) is 11.3 Å². The number of amides is 1. The van der Waals surface area contributed by atoms with Crippen LogP contribution in [0.2, 0.25) is 0 Å². The van der Waals surface area contributed by atoms with Crippen LogP contribution in [0.3, 0.4) is 0 Å². The first kappa shape index (κ1) is 25.1. The van der Waals surface area contributed by atoms with Crippen LogP contribution in [0.15, 0.2) is 18.2 Å². The highest BCUT2D eigenvalue weighted by atomic mass is 19.4. The molecular formula is C21H33F3N2O3. The number of nitrogens with zero attached hydrogens (tertiary/aromatic N) is 1. The Morgan fingerprint density at radius 3 is 2.28 bits per heavy atom. The molecule has 0 saturated carbocycles. The lowest BCUT2D eigenvalue weighted by molar-refractivity contribution is -0.162. The molecule has 0 radical (unpaired) electrons. The second kappa shape index (κ2) is 10.2. The van der Waals surface area contributed by atoms with Gasteiger partial charge in [0.15, 0.2) is 17.6 Å². The van der Waals surface area contributed by atoms with Crippen molar-refractivity contribution in [2.24, 2.45) is 5.41 Å². The van der Waals surface area contributed by atoms with Crippen LogP contribution < -0.4 is 14.8 Å². The van der Waals surface area contributed by atoms with E-state index in [1.54, 1.807) is 66.9 Å². The summed E-state index contributed by atoms with van der Waals surface area (Å²) in [5.74, 6) is 0.568. The number of nitrogens with one attached hydrogen (secondary N) is 1. The second-order valence-corrected chi connectivity index (χ2v) is 8.45. The van der Waals surface area contributed by atoms with Gasteiger partial charge in [-0.2, -0.15) is 13.2 Å². The number of alkyl halides is 3. The normalized spacial score (nSPS) is 14.3. The van der Waals surface area contributed by atoms with E-state index >= 15 is 0 Å². The predicted molar refractivity (Wildman–Crippen MR) is 107 cm³/mol. The number of carbonyl (C=O) groups excluding carboxylic acids is 1. The molecule has 0 aliphatic heterocycles. The van der Waals surface area contributed by atoms with Gasteiger partial charge in [-0.15, -0.1) is 0 Å². The van der Waals surface area contributed by atoms with Crippen LogP contribution in [0.4, 0.5) is 13.2 Å². The lowest BCUT2D eigenvalue weighted by atomic mass is 9.88. The van der Waals surface area contributed by atoms with Gasteiger partial charge in [0.05, 0.1) is 6.61 Å². The molecule has 29 heavy (non-hydrogen) atoms. The van der Waals surface area contributed by atoms with Crippen LogP contribution in [-0.4, -0.2) is 49.8 Å². The monoisotopic (exact) mass is 418 g/mol. The van der Waals surface area contributed by atoms with E-state index in [1.807, 2.05) is 0 Å². The van der Waals surface area contributed by atoms with Crippen LogP contribution >= 0.6 is 0 Å². The summed E-state index contributed by atoms with van der Waals surface area (Å²) in [5.41, 5.74) is 0.173. The van der Waals surface area contributed by atoms with Gasteiger partial charge in [0.2, 0.25) is 0 Å². The molecular weight excluding hydrogens is 385 g/mol. The molecule has 0 aliphatic carbocycles. The molecule has 0 spiro atoms. The number of likely N-dealkylation sites (N-methyl/N-ethyl adjacent to an activating group) is 1. The maximum Gasteiger partial charge on any atom is 0.403 e. The molecule has 0 bridgehead atoms. The van der Waals surface area contributed by atoms with E-state index in [4.69, 9.17) is 9.47 Å². The lowest BCUT2D eigenvalue weighted by Gasteiger charge is -2.28. The predicted octanol–water partition coefficient (Wildman–Crippen LogP) is 4.40. The van der Waals surface area contributed by atoms with Gasteiger partial charge in [0, 0.05) is 20.6 Å². The van der Waals surface area contributed by atoms with E-state index in [2.05, 4.69) is 5.32 Å². The number of benzene rings is 1. The summed E-state index contributed by atoms with van der Waals surface area (Å²) < 4.78 is 51.4. The molecule has 0 heterocycles. The number of halogens is 3. The molecule has 166 valence electrons. The summed E-state index contributed by atoms with van der Waals surface area (Å²) in [4.78, 5) is 13.4. The van der Waals surface area contributed by atoms with Gasteiger partial charge in [-0.3, -0.25) is 4.79 Å². The Balaban J connectivity index is 2.95. The first-order valence-electron chi connectivity index (χ1n) is 9.68. The van der Waals surface area contributed by atoms with E-state index in [0.717, 1.165) is 0 Å². The van der Waals surface area contributed by atoms with Gasteiger partial charge in [-0.1, -0.05) is 26.8 Å². The number of ether oxygens (including phenoxy) is 2. The van der Waals surface area contributed by atoms with Gasteiger partial charge < -0.3 is 19.7 Å². The van der Waals surface area contributed by atoms with Crippen molar-refractivity contribution in [1.82, 2.24) is 10.2 Å². The minimum absolute atomic E-state index is 0.0276. The largest absolute Gasteiger partial charge is 0.490 e. The van der Waals surface area contributed by atoms with Gasteiger partial charge >= 0.3 is 6.18 Å². The fraction of sp³-hybridized carbons (Fsp3) is 0.667. The third kappa shape index (κ3) is 8.51. The van der Waals surface area contributed by atoms with Crippen molar-refractivity contribution in [2.75, 3.05) is 20.7 Å². The number of carbonyl (C=O) groups is 1. The average Bonchev–Trinajstić information content (AvgIpc) is 2.58. The number of rotatable bonds is 9. The zero-order valence-electron chi connectivity index (χ0n) is 18.3. The Morgan fingerprint density at radius 2 is 1.79 bits per heavy atom. The molecule has 0 aliphatic rings. The Morgan fingerprint density at radius 1 is 1.17 bits per heavy atom. The number of hydrogen-bond donors (Lipinski definition) is 1. The second-order valence-electron chi connectivity index (χ2n) is 8.45. The Bertz CT molecular complexity index is 670. The molecule has 0 fully saturated rings. The summed E-state index contributed by atoms with van der Waals surface area (Å²) in [5, 5.41) is 2.61. The molecule has 1 aromatic rings. The molecule has 1 amide bonds. The van der Waals surface area contributed by atoms with Gasteiger partial charge in [0.1, 0.15) is 6.04 Å². The summed E-state index contributed by atoms with van der Waals surface area (Å²) in [7, 11) is 3.27. The van der Waals surface area contributed by atoms with Gasteiger partial charge in [-0.05, 0) is 43.4 Å². The standard InChI is InChI=1S/C21H33F3N2O3/c1-8-28-17-11-15(9-10-16(17)29-14(2)19(27)26(6)7)13-25-18(21(22,23)24)12-20(3,4)5/h9-11,14,18,25H,8,12-13H2,1-7H3. The molecule has 0 saturated heterocycles. The number of hydrogen-bond acceptors (Lipinski definition) is 4. The van der Waals surface area contributed by atoms with Crippen LogP contribution in [0.1, 0.15) is 46.6 Å². The maximum atomic E-state index is 13.4. The van der Waals surface area contributed by atoms with Crippen molar-refractivity contribution in [1.29, 1.82) is 0 Å². The summed E-state index contributed by atoms with van der Waals surface area (Å²) >= 11 is 0. The van der Waals surface area contributed by atoms with Crippen LogP contribution in [0.25, 0.3) is 0 Å². The molecule has 1 rings (SSSR count). The van der Waals surface area contributed by atoms with Gasteiger partial charge in [-0.25, -0.2) is 0 Å². The average molecular weight is 419 g/mol. The maximum absolute atomic E-state index is 13.4. The molecule has 1 aromatic carbocycles. The Labute approximate surface area is 171 Å². The fourth-order valence-corrected chi connectivity index (χ4v) is 2.79. The smallest absolute Gasteiger partial charge is 0.403 e. The van der Waals surface area contributed by atoms with Crippen molar-refractivity contribution in [3.63, 3.8) is 0 Å². The summed E-state index contributed by atoms with van der Waals surface area (Å²) in [6, 6.07) is 3.32. The highest BCUT2D eigenvalue weighted by Gasteiger charge is 2.41. The fourth-order valence-electron chi connectivity index (χ4n) is 2.79. The minimum atomic E-state index is -4.33. The van der Waals surface area contributed by atoms with Crippen LogP contribution in [0.5, 0.6) is 11.5 Å². The first-order chi connectivity index (χ1) is 13.2. The molecule has 1 N–H and O–H groups in total. The van der Waals surface area contributed by atoms with E-state index in [9.17, 15) is 18.0 Å². The van der Waals surface area contributed by atoms with Gasteiger partial charge in [0.25, 0.3) is 5.91 Å². The van der Waals surface area contributed by atoms with E-state index in [1.165, 1.54) is 4.90 Å². The first-order valence-corrected chi connectivity index (χ1v) is 9.68. The van der Waals surface area contributed by atoms with E-state index < -0.39 is 23.7 Å². The molecule has 8 heteroatoms. The summed E-state index contributed by atoms with van der Waals surface area (Å²) in [6.45, 7) is 9.17. The van der Waals surface area contributed by atoms with Crippen molar-refractivity contribution in [2.45, 2.75) is 65.9 Å². The van der Waals surface area contributed by atoms with Crippen molar-refractivity contribution >= 4 is 5.91 Å². The quantitative estimate of drug-likeness (QED) is 0.646. The Kier molecular flexibility index (Phi) is 8.81. The minimum Gasteiger partial charge on any atom is -0.490 e. The Hall–Kier alpha value is -1.96. The van der Waals surface area contributed by atoms with Crippen molar-refractivity contribution < 1.29 is 27.4 Å². The van der Waals surface area contributed by atoms with E-state index in [-0.39, 0.29) is 18.9 Å². The summed E-state index contributed by atoms with van der Waals surface area (Å²) in [6.07, 6.45) is -5.07. The molecule has 5 nitrogen and oxygen atoms in total. The topological polar surface area (TPSA) is 50.8 Å². The van der Waals surface area contributed by atoms with Crippen LogP contribution in [0, 0.1) is 5.41 Å². The highest BCUT2D eigenvalue weighted by Crippen LogP contribution is 2.32. The lowest BCUT2D eigenvalue weighted by Crippen LogP contribution is -2.44. The zero-order chi connectivity index (χ0) is 22.4. The molecule has 2 atom stereocenters. The van der Waals surface area contributed by atoms with Crippen molar-refractivity contribution in [3.05, 3.63) is 23.8 Å². The zero-order valence-corrected chi connectivity index (χ0v) is 18.3. The third-order valence-corrected chi connectivity index (χ3v) is 4.16. The van der Waals surface area contributed by atoms with E-state index in [0.29, 0.717) is 23.7 Å². The third-order valence-electron chi connectivity index (χ3n) is 4.16.